The number of ketones is 1. The Balaban J connectivity index is 1.97. The van der Waals surface area contributed by atoms with E-state index in [1.807, 2.05) is 6.07 Å². The van der Waals surface area contributed by atoms with Crippen molar-refractivity contribution in [2.75, 3.05) is 13.7 Å². The Bertz CT molecular complexity index is 1760. The molecular weight excluding hydrogens is 683 g/mol. The highest BCUT2D eigenvalue weighted by Gasteiger charge is 2.52. The SMILES string of the molecule is COc1ccc(C(NC(=O)C(Cc2cccc(C#N)c2)NC(=O)c2ccccn2)C(=O)N[C@H](C(=O)C(F)(F)C(=O)NCC(F)(F)F)C(C)C)cc1. The number of pyridine rings is 1. The first kappa shape index (κ1) is 39.5. The van der Waals surface area contributed by atoms with E-state index in [4.69, 9.17) is 4.74 Å². The number of halogens is 5. The molecular formula is C34H33F5N6O6. The molecule has 0 bridgehead atoms. The fourth-order valence-corrected chi connectivity index (χ4v) is 4.65. The Hall–Kier alpha value is -5.92. The smallest absolute Gasteiger partial charge is 0.405 e. The molecule has 270 valence electrons. The van der Waals surface area contributed by atoms with Crippen molar-refractivity contribution in [2.24, 2.45) is 5.92 Å². The summed E-state index contributed by atoms with van der Waals surface area (Å²) in [5, 5.41) is 17.4. The summed E-state index contributed by atoms with van der Waals surface area (Å²) in [4.78, 5) is 69.6. The number of nitrogens with one attached hydrogen (secondary N) is 4. The molecule has 2 aromatic carbocycles. The second kappa shape index (κ2) is 17.1. The maximum absolute atomic E-state index is 14.9. The van der Waals surface area contributed by atoms with E-state index in [1.54, 1.807) is 18.2 Å². The first-order valence-corrected chi connectivity index (χ1v) is 15.2. The highest BCUT2D eigenvalue weighted by atomic mass is 19.4. The predicted octanol–water partition coefficient (Wildman–Crippen LogP) is 3.18. The summed E-state index contributed by atoms with van der Waals surface area (Å²) in [6, 6.07) is 12.9. The second-order valence-corrected chi connectivity index (χ2v) is 11.4. The molecule has 0 aliphatic rings. The number of amides is 4. The van der Waals surface area contributed by atoms with E-state index in [0.717, 1.165) is 5.32 Å². The van der Waals surface area contributed by atoms with E-state index >= 15 is 0 Å². The highest BCUT2D eigenvalue weighted by Crippen LogP contribution is 2.24. The van der Waals surface area contributed by atoms with Crippen LogP contribution in [-0.2, 0) is 25.6 Å². The summed E-state index contributed by atoms with van der Waals surface area (Å²) in [5.74, 6) is -13.4. The molecule has 2 unspecified atom stereocenters. The van der Waals surface area contributed by atoms with Crippen molar-refractivity contribution in [3.05, 3.63) is 95.3 Å². The molecule has 4 N–H and O–H groups in total. The van der Waals surface area contributed by atoms with Crippen molar-refractivity contribution in [1.29, 1.82) is 5.26 Å². The molecule has 17 heteroatoms. The van der Waals surface area contributed by atoms with Crippen LogP contribution < -0.4 is 26.0 Å². The van der Waals surface area contributed by atoms with Crippen molar-refractivity contribution in [3.63, 3.8) is 0 Å². The van der Waals surface area contributed by atoms with E-state index in [2.05, 4.69) is 20.9 Å². The van der Waals surface area contributed by atoms with E-state index in [1.165, 1.54) is 75.7 Å². The molecule has 3 rings (SSSR count). The fourth-order valence-electron chi connectivity index (χ4n) is 4.65. The molecule has 3 atom stereocenters. The predicted molar refractivity (Wildman–Crippen MR) is 170 cm³/mol. The van der Waals surface area contributed by atoms with E-state index < -0.39 is 72.1 Å². The lowest BCUT2D eigenvalue weighted by Crippen LogP contribution is -2.58. The van der Waals surface area contributed by atoms with Gasteiger partial charge >= 0.3 is 12.1 Å². The quantitative estimate of drug-likeness (QED) is 0.137. The molecule has 3 aromatic rings. The maximum Gasteiger partial charge on any atom is 0.405 e. The number of aromatic nitrogens is 1. The Morgan fingerprint density at radius 3 is 2.14 bits per heavy atom. The van der Waals surface area contributed by atoms with Gasteiger partial charge in [-0.25, -0.2) is 0 Å². The summed E-state index contributed by atoms with van der Waals surface area (Å²) >= 11 is 0. The van der Waals surface area contributed by atoms with Gasteiger partial charge in [0.2, 0.25) is 17.6 Å². The van der Waals surface area contributed by atoms with Crippen molar-refractivity contribution in [1.82, 2.24) is 26.3 Å². The maximum atomic E-state index is 14.9. The number of hydrogen-bond acceptors (Lipinski definition) is 8. The topological polar surface area (TPSA) is 179 Å². The zero-order valence-electron chi connectivity index (χ0n) is 27.4. The Morgan fingerprint density at radius 1 is 0.882 bits per heavy atom. The van der Waals surface area contributed by atoms with Crippen molar-refractivity contribution >= 4 is 29.4 Å². The average molecular weight is 717 g/mol. The van der Waals surface area contributed by atoms with Crippen LogP contribution in [-0.4, -0.2) is 72.2 Å². The average Bonchev–Trinajstić information content (AvgIpc) is 3.10. The number of alkyl halides is 5. The largest absolute Gasteiger partial charge is 0.497 e. The van der Waals surface area contributed by atoms with Crippen molar-refractivity contribution in [2.45, 2.75) is 50.5 Å². The highest BCUT2D eigenvalue weighted by molar-refractivity contribution is 6.10. The van der Waals surface area contributed by atoms with Crippen molar-refractivity contribution < 1.29 is 50.7 Å². The number of hydrogen-bond donors (Lipinski definition) is 4. The molecule has 1 heterocycles. The van der Waals surface area contributed by atoms with Gasteiger partial charge in [0.1, 0.15) is 30.1 Å². The number of carbonyl (C=O) groups excluding carboxylic acids is 5. The number of benzene rings is 2. The lowest BCUT2D eigenvalue weighted by molar-refractivity contribution is -0.165. The Morgan fingerprint density at radius 2 is 1.57 bits per heavy atom. The van der Waals surface area contributed by atoms with Crippen LogP contribution in [0.3, 0.4) is 0 Å². The summed E-state index contributed by atoms with van der Waals surface area (Å²) < 4.78 is 72.5. The zero-order chi connectivity index (χ0) is 37.9. The fraction of sp³-hybridized carbons (Fsp3) is 0.324. The Kier molecular flexibility index (Phi) is 13.3. The van der Waals surface area contributed by atoms with Crippen LogP contribution >= 0.6 is 0 Å². The third kappa shape index (κ3) is 11.0. The van der Waals surface area contributed by atoms with Gasteiger partial charge in [0.25, 0.3) is 11.8 Å². The van der Waals surface area contributed by atoms with Gasteiger partial charge in [-0.2, -0.15) is 27.2 Å². The Labute approximate surface area is 288 Å². The molecule has 0 aliphatic carbocycles. The number of methoxy groups -OCH3 is 1. The molecule has 1 aromatic heterocycles. The number of ether oxygens (including phenoxy) is 1. The lowest BCUT2D eigenvalue weighted by atomic mass is 9.94. The van der Waals surface area contributed by atoms with Crippen LogP contribution in [0.1, 0.15) is 47.1 Å². The monoisotopic (exact) mass is 716 g/mol. The first-order chi connectivity index (χ1) is 24.0. The van der Waals surface area contributed by atoms with Gasteiger partial charge in [0.15, 0.2) is 0 Å². The molecule has 4 amide bonds. The summed E-state index contributed by atoms with van der Waals surface area (Å²) in [5.41, 5.74) is 0.709. The van der Waals surface area contributed by atoms with Crippen LogP contribution in [0, 0.1) is 17.2 Å². The minimum atomic E-state index is -5.04. The normalized spacial score (nSPS) is 13.2. The molecule has 0 fully saturated rings. The molecule has 51 heavy (non-hydrogen) atoms. The van der Waals surface area contributed by atoms with Crippen LogP contribution in [0.2, 0.25) is 0 Å². The summed E-state index contributed by atoms with van der Waals surface area (Å²) in [6.07, 6.45) is -3.89. The van der Waals surface area contributed by atoms with Gasteiger partial charge < -0.3 is 26.0 Å². The number of nitrogens with zero attached hydrogens (tertiary/aromatic N) is 2. The van der Waals surface area contributed by atoms with E-state index in [-0.39, 0.29) is 23.2 Å². The van der Waals surface area contributed by atoms with Crippen molar-refractivity contribution in [3.8, 4) is 11.8 Å². The zero-order valence-corrected chi connectivity index (χ0v) is 27.4. The molecule has 0 spiro atoms. The summed E-state index contributed by atoms with van der Waals surface area (Å²) in [6.45, 7) is 0.357. The second-order valence-electron chi connectivity index (χ2n) is 11.4. The number of Topliss-reactive ketones (excluding diaryl/α,β-unsaturated/α-hetero) is 1. The van der Waals surface area contributed by atoms with Gasteiger partial charge in [0.05, 0.1) is 24.8 Å². The molecule has 0 radical (unpaired) electrons. The standard InChI is InChI=1S/C34H33F5N6O6/c1-19(2)26(28(46)34(38,39)32(50)42-18-33(35,36)37)44-31(49)27(22-10-12-23(51-3)13-11-22)45-30(48)25(16-20-7-6-8-21(15-20)17-40)43-29(47)24-9-4-5-14-41-24/h4-15,19,25-27H,16,18H2,1-3H3,(H,42,50)(H,43,47)(H,44,49)(H,45,48)/t25?,26-,27?/m0/s1. The van der Waals surface area contributed by atoms with Crippen LogP contribution in [0.25, 0.3) is 0 Å². The number of rotatable bonds is 15. The minimum absolute atomic E-state index is 0.0518. The van der Waals surface area contributed by atoms with Crippen LogP contribution in [0.15, 0.2) is 72.9 Å². The summed E-state index contributed by atoms with van der Waals surface area (Å²) in [7, 11) is 1.36. The van der Waals surface area contributed by atoms with Crippen LogP contribution in [0.5, 0.6) is 5.75 Å². The molecule has 12 nitrogen and oxygen atoms in total. The van der Waals surface area contributed by atoms with Gasteiger partial charge in [-0.05, 0) is 53.4 Å². The molecule has 0 aliphatic heterocycles. The van der Waals surface area contributed by atoms with Gasteiger partial charge in [-0.1, -0.05) is 44.2 Å². The van der Waals surface area contributed by atoms with Gasteiger partial charge in [-0.3, -0.25) is 29.0 Å². The van der Waals surface area contributed by atoms with Gasteiger partial charge in [-0.15, -0.1) is 0 Å². The lowest BCUT2D eigenvalue weighted by Gasteiger charge is -2.28. The van der Waals surface area contributed by atoms with Gasteiger partial charge in [0, 0.05) is 12.6 Å². The first-order valence-electron chi connectivity index (χ1n) is 15.2. The van der Waals surface area contributed by atoms with E-state index in [9.17, 15) is 51.2 Å². The third-order valence-corrected chi connectivity index (χ3v) is 7.30. The molecule has 0 saturated heterocycles. The number of carbonyl (C=O) groups is 5. The van der Waals surface area contributed by atoms with Crippen LogP contribution in [0.4, 0.5) is 22.0 Å². The minimum Gasteiger partial charge on any atom is -0.497 e. The third-order valence-electron chi connectivity index (χ3n) is 7.30. The molecule has 0 saturated carbocycles. The van der Waals surface area contributed by atoms with E-state index in [0.29, 0.717) is 11.3 Å². The number of nitriles is 1.